The highest BCUT2D eigenvalue weighted by Gasteiger charge is 2.38. The molecule has 0 amide bonds. The summed E-state index contributed by atoms with van der Waals surface area (Å²) in [5.41, 5.74) is -1.71. The molecule has 0 atom stereocenters. The topological polar surface area (TPSA) is 99.1 Å². The number of oxazole rings is 1. The second kappa shape index (κ2) is 5.37. The number of sulfonamides is 1. The molecule has 1 N–H and O–H groups in total. The van der Waals surface area contributed by atoms with Gasteiger partial charge < -0.3 is 4.42 Å². The van der Waals surface area contributed by atoms with Crippen molar-refractivity contribution in [2.24, 2.45) is 14.1 Å². The highest BCUT2D eigenvalue weighted by atomic mass is 32.2. The monoisotopic (exact) mass is 376 g/mol. The number of fused-ring (bicyclic) bond motifs is 1. The SMILES string of the molecule is Cn1cc(NS(=O)(=O)c2ccc3c(c2)oc(=O)n3C)c(C(F)(F)F)n1. The number of hydrogen-bond acceptors (Lipinski definition) is 5. The van der Waals surface area contributed by atoms with Crippen LogP contribution in [0.15, 0.2) is 38.5 Å². The second-order valence-corrected chi connectivity index (χ2v) is 6.91. The molecule has 0 fully saturated rings. The Morgan fingerprint density at radius 2 is 1.92 bits per heavy atom. The molecular formula is C13H11F3N4O4S. The Hall–Kier alpha value is -2.76. The lowest BCUT2D eigenvalue weighted by molar-refractivity contribution is -0.140. The van der Waals surface area contributed by atoms with Gasteiger partial charge in [0.2, 0.25) is 0 Å². The van der Waals surface area contributed by atoms with E-state index in [0.717, 1.165) is 23.0 Å². The first-order valence-electron chi connectivity index (χ1n) is 6.72. The van der Waals surface area contributed by atoms with Crippen LogP contribution in [0.4, 0.5) is 18.9 Å². The standard InChI is InChI=1S/C13H11F3N4O4S/c1-19-6-8(11(17-19)13(14,15)16)18-25(22,23)7-3-4-9-10(5-7)24-12(21)20(9)2/h3-6,18H,1-2H3. The minimum atomic E-state index is -4.82. The van der Waals surface area contributed by atoms with Gasteiger partial charge in [0, 0.05) is 26.4 Å². The van der Waals surface area contributed by atoms with Crippen molar-refractivity contribution in [3.63, 3.8) is 0 Å². The minimum Gasteiger partial charge on any atom is -0.408 e. The van der Waals surface area contributed by atoms with E-state index >= 15 is 0 Å². The third-order valence-corrected chi connectivity index (χ3v) is 4.78. The number of nitrogens with one attached hydrogen (secondary N) is 1. The summed E-state index contributed by atoms with van der Waals surface area (Å²) in [5.74, 6) is -0.691. The van der Waals surface area contributed by atoms with E-state index in [4.69, 9.17) is 4.42 Å². The van der Waals surface area contributed by atoms with Crippen LogP contribution in [0.3, 0.4) is 0 Å². The number of aromatic nitrogens is 3. The van der Waals surface area contributed by atoms with E-state index in [1.54, 1.807) is 0 Å². The predicted molar refractivity (Wildman–Crippen MR) is 80.5 cm³/mol. The smallest absolute Gasteiger partial charge is 0.408 e. The Labute approximate surface area is 138 Å². The average Bonchev–Trinajstić information content (AvgIpc) is 2.98. The molecule has 3 aromatic rings. The van der Waals surface area contributed by atoms with Crippen LogP contribution in [-0.4, -0.2) is 22.8 Å². The Morgan fingerprint density at radius 3 is 2.56 bits per heavy atom. The third-order valence-electron chi connectivity index (χ3n) is 3.42. The molecular weight excluding hydrogens is 365 g/mol. The Kier molecular flexibility index (Phi) is 3.67. The van der Waals surface area contributed by atoms with Gasteiger partial charge in [0.05, 0.1) is 16.1 Å². The average molecular weight is 376 g/mol. The van der Waals surface area contributed by atoms with Crippen LogP contribution in [-0.2, 0) is 30.3 Å². The first-order valence-corrected chi connectivity index (χ1v) is 8.20. The fourth-order valence-corrected chi connectivity index (χ4v) is 3.32. The fraction of sp³-hybridized carbons (Fsp3) is 0.231. The van der Waals surface area contributed by atoms with E-state index in [-0.39, 0.29) is 10.5 Å². The molecule has 0 aliphatic rings. The summed E-state index contributed by atoms with van der Waals surface area (Å²) < 4.78 is 72.3. The van der Waals surface area contributed by atoms with Gasteiger partial charge in [-0.3, -0.25) is 14.0 Å². The van der Waals surface area contributed by atoms with Crippen LogP contribution in [0.1, 0.15) is 5.69 Å². The summed E-state index contributed by atoms with van der Waals surface area (Å²) >= 11 is 0. The molecule has 0 radical (unpaired) electrons. The van der Waals surface area contributed by atoms with E-state index in [2.05, 4.69) is 5.10 Å². The van der Waals surface area contributed by atoms with Gasteiger partial charge in [-0.05, 0) is 12.1 Å². The van der Waals surface area contributed by atoms with Gasteiger partial charge in [-0.2, -0.15) is 18.3 Å². The second-order valence-electron chi connectivity index (χ2n) is 5.22. The number of anilines is 1. The van der Waals surface area contributed by atoms with Crippen LogP contribution in [0, 0.1) is 0 Å². The normalized spacial score (nSPS) is 12.7. The molecule has 0 aliphatic heterocycles. The summed E-state index contributed by atoms with van der Waals surface area (Å²) in [5, 5.41) is 3.23. The lowest BCUT2D eigenvalue weighted by Gasteiger charge is -2.09. The number of halogens is 3. The van der Waals surface area contributed by atoms with Crippen molar-refractivity contribution in [3.8, 4) is 0 Å². The Morgan fingerprint density at radius 1 is 1.24 bits per heavy atom. The third kappa shape index (κ3) is 2.99. The van der Waals surface area contributed by atoms with Crippen LogP contribution in [0.25, 0.3) is 11.1 Å². The fourth-order valence-electron chi connectivity index (χ4n) is 2.26. The number of benzene rings is 1. The Balaban J connectivity index is 2.05. The number of alkyl halides is 3. The maximum Gasteiger partial charge on any atom is 0.437 e. The molecule has 0 saturated carbocycles. The van der Waals surface area contributed by atoms with Crippen molar-refractivity contribution in [1.82, 2.24) is 14.3 Å². The molecule has 25 heavy (non-hydrogen) atoms. The largest absolute Gasteiger partial charge is 0.437 e. The van der Waals surface area contributed by atoms with Crippen molar-refractivity contribution >= 4 is 26.8 Å². The highest BCUT2D eigenvalue weighted by Crippen LogP contribution is 2.34. The van der Waals surface area contributed by atoms with Crippen molar-refractivity contribution in [3.05, 3.63) is 40.6 Å². The number of rotatable bonds is 3. The molecule has 0 aliphatic carbocycles. The van der Waals surface area contributed by atoms with E-state index in [1.807, 2.05) is 4.72 Å². The van der Waals surface area contributed by atoms with Crippen molar-refractivity contribution in [1.29, 1.82) is 0 Å². The molecule has 2 aromatic heterocycles. The molecule has 0 saturated heterocycles. The van der Waals surface area contributed by atoms with Gasteiger partial charge in [0.1, 0.15) is 0 Å². The molecule has 12 heteroatoms. The van der Waals surface area contributed by atoms with Crippen molar-refractivity contribution < 1.29 is 26.0 Å². The summed E-state index contributed by atoms with van der Waals surface area (Å²) in [6.45, 7) is 0. The summed E-state index contributed by atoms with van der Waals surface area (Å²) in [6, 6.07) is 3.54. The quantitative estimate of drug-likeness (QED) is 0.750. The lowest BCUT2D eigenvalue weighted by Crippen LogP contribution is -2.16. The lowest BCUT2D eigenvalue weighted by atomic mass is 10.3. The van der Waals surface area contributed by atoms with Gasteiger partial charge >= 0.3 is 11.9 Å². The highest BCUT2D eigenvalue weighted by molar-refractivity contribution is 7.92. The van der Waals surface area contributed by atoms with Gasteiger partial charge in [0.25, 0.3) is 10.0 Å². The van der Waals surface area contributed by atoms with Crippen LogP contribution < -0.4 is 10.5 Å². The van der Waals surface area contributed by atoms with Gasteiger partial charge in [-0.25, -0.2) is 13.2 Å². The number of aryl methyl sites for hydroxylation is 2. The first-order chi connectivity index (χ1) is 11.5. The maximum atomic E-state index is 12.9. The molecule has 2 heterocycles. The molecule has 0 unspecified atom stereocenters. The van der Waals surface area contributed by atoms with E-state index in [9.17, 15) is 26.4 Å². The molecule has 0 bridgehead atoms. The zero-order valence-electron chi connectivity index (χ0n) is 12.8. The number of hydrogen-bond donors (Lipinski definition) is 1. The minimum absolute atomic E-state index is 0.00222. The zero-order chi connectivity index (χ0) is 18.6. The first kappa shape index (κ1) is 17.1. The maximum absolute atomic E-state index is 12.9. The van der Waals surface area contributed by atoms with Gasteiger partial charge in [0.15, 0.2) is 11.3 Å². The van der Waals surface area contributed by atoms with Gasteiger partial charge in [-0.15, -0.1) is 0 Å². The molecule has 0 spiro atoms. The zero-order valence-corrected chi connectivity index (χ0v) is 13.6. The predicted octanol–water partition coefficient (Wildman–Crippen LogP) is 1.68. The van der Waals surface area contributed by atoms with Crippen LogP contribution >= 0.6 is 0 Å². The number of nitrogens with zero attached hydrogens (tertiary/aromatic N) is 3. The van der Waals surface area contributed by atoms with Crippen molar-refractivity contribution in [2.75, 3.05) is 4.72 Å². The summed E-state index contributed by atoms with van der Waals surface area (Å²) in [4.78, 5) is 11.1. The van der Waals surface area contributed by atoms with E-state index in [0.29, 0.717) is 5.52 Å². The van der Waals surface area contributed by atoms with E-state index < -0.39 is 33.3 Å². The Bertz CT molecular complexity index is 1120. The van der Waals surface area contributed by atoms with Crippen LogP contribution in [0.2, 0.25) is 0 Å². The summed E-state index contributed by atoms with van der Waals surface area (Å²) in [6.07, 6.45) is -3.92. The summed E-state index contributed by atoms with van der Waals surface area (Å²) in [7, 11) is -1.68. The molecule has 134 valence electrons. The molecule has 1 aromatic carbocycles. The van der Waals surface area contributed by atoms with Gasteiger partial charge in [-0.1, -0.05) is 0 Å². The molecule has 8 nitrogen and oxygen atoms in total. The molecule has 3 rings (SSSR count). The van der Waals surface area contributed by atoms with Crippen LogP contribution in [0.5, 0.6) is 0 Å². The van der Waals surface area contributed by atoms with E-state index in [1.165, 1.54) is 24.7 Å². The van der Waals surface area contributed by atoms with Crippen molar-refractivity contribution in [2.45, 2.75) is 11.1 Å².